The fourth-order valence-corrected chi connectivity index (χ4v) is 5.33. The molecule has 1 aromatic carbocycles. The maximum Gasteiger partial charge on any atom is 0.311 e. The average molecular weight is 539 g/mol. The Hall–Kier alpha value is -3.41. The van der Waals surface area contributed by atoms with E-state index in [1.165, 1.54) is 34.9 Å². The minimum absolute atomic E-state index is 0.0488. The van der Waals surface area contributed by atoms with Gasteiger partial charge in [0.15, 0.2) is 5.13 Å². The molecule has 4 aromatic rings. The highest BCUT2D eigenvalue weighted by Gasteiger charge is 2.18. The molecule has 36 heavy (non-hydrogen) atoms. The van der Waals surface area contributed by atoms with Crippen molar-refractivity contribution >= 4 is 51.9 Å². The molecule has 1 N–H and O–H groups in total. The summed E-state index contributed by atoms with van der Waals surface area (Å²) in [7, 11) is 1.61. The number of pyridine rings is 2. The molecule has 0 aliphatic heterocycles. The molecule has 0 unspecified atom stereocenters. The van der Waals surface area contributed by atoms with E-state index in [2.05, 4.69) is 20.3 Å². The Morgan fingerprint density at radius 1 is 1.00 bits per heavy atom. The number of methoxy groups -OCH3 is 1. The number of carbonyl (C=O) groups excluding carboxylic acids is 2. The molecule has 11 heteroatoms. The molecule has 4 rings (SSSR count). The molecular formula is C25H22N4O4S3. The normalized spacial score (nSPS) is 10.6. The lowest BCUT2D eigenvalue weighted by molar-refractivity contribution is -0.142. The fraction of sp³-hybridized carbons (Fsp3) is 0.160. The van der Waals surface area contributed by atoms with Crippen molar-refractivity contribution < 1.29 is 19.1 Å². The molecule has 184 valence electrons. The van der Waals surface area contributed by atoms with Crippen molar-refractivity contribution in [1.29, 1.82) is 0 Å². The summed E-state index contributed by atoms with van der Waals surface area (Å²) in [6.07, 6.45) is 1.76. The topological polar surface area (TPSA) is 103 Å². The number of nitrogens with zero attached hydrogens (tertiary/aromatic N) is 3. The van der Waals surface area contributed by atoms with E-state index in [4.69, 9.17) is 9.47 Å². The van der Waals surface area contributed by atoms with Gasteiger partial charge < -0.3 is 9.47 Å². The Morgan fingerprint density at radius 3 is 2.56 bits per heavy atom. The number of esters is 1. The van der Waals surface area contributed by atoms with Crippen molar-refractivity contribution in [3.8, 4) is 5.75 Å². The summed E-state index contributed by atoms with van der Waals surface area (Å²) >= 11 is 4.03. The van der Waals surface area contributed by atoms with Gasteiger partial charge in [0.2, 0.25) is 0 Å². The van der Waals surface area contributed by atoms with Crippen LogP contribution in [0.25, 0.3) is 0 Å². The molecule has 0 bridgehead atoms. The molecule has 3 aromatic heterocycles. The number of aromatic nitrogens is 3. The number of ether oxygens (including phenoxy) is 2. The number of nitrogens with one attached hydrogen (secondary N) is 1. The van der Waals surface area contributed by atoms with Gasteiger partial charge in [0.1, 0.15) is 21.5 Å². The Kier molecular flexibility index (Phi) is 8.93. The largest absolute Gasteiger partial charge is 0.497 e. The van der Waals surface area contributed by atoms with Crippen molar-refractivity contribution in [1.82, 2.24) is 15.0 Å². The number of anilines is 1. The van der Waals surface area contributed by atoms with Crippen LogP contribution in [0.5, 0.6) is 5.75 Å². The van der Waals surface area contributed by atoms with Gasteiger partial charge in [-0.25, -0.2) is 15.0 Å². The zero-order valence-electron chi connectivity index (χ0n) is 19.5. The van der Waals surface area contributed by atoms with Crippen LogP contribution in [0, 0.1) is 0 Å². The zero-order chi connectivity index (χ0) is 25.3. The minimum atomic E-state index is -0.397. The third kappa shape index (κ3) is 7.06. The monoisotopic (exact) mass is 538 g/mol. The van der Waals surface area contributed by atoms with Gasteiger partial charge in [-0.15, -0.1) is 11.3 Å². The van der Waals surface area contributed by atoms with Crippen LogP contribution in [0.1, 0.15) is 23.1 Å². The van der Waals surface area contributed by atoms with Gasteiger partial charge in [-0.05, 0) is 55.5 Å². The smallest absolute Gasteiger partial charge is 0.311 e. The highest BCUT2D eigenvalue weighted by Crippen LogP contribution is 2.34. The number of rotatable bonds is 10. The Bertz CT molecular complexity index is 1330. The van der Waals surface area contributed by atoms with Crippen LogP contribution < -0.4 is 10.1 Å². The van der Waals surface area contributed by atoms with Gasteiger partial charge in [-0.1, -0.05) is 29.6 Å². The first-order chi connectivity index (χ1) is 17.5. The third-order valence-electron chi connectivity index (χ3n) is 4.58. The van der Waals surface area contributed by atoms with Crippen molar-refractivity contribution in [2.75, 3.05) is 19.0 Å². The van der Waals surface area contributed by atoms with Crippen molar-refractivity contribution in [3.05, 3.63) is 77.6 Å². The van der Waals surface area contributed by atoms with Crippen molar-refractivity contribution in [3.63, 3.8) is 0 Å². The quantitative estimate of drug-likeness (QED) is 0.258. The molecule has 0 saturated heterocycles. The van der Waals surface area contributed by atoms with E-state index in [9.17, 15) is 9.59 Å². The van der Waals surface area contributed by atoms with Crippen LogP contribution in [0.3, 0.4) is 0 Å². The van der Waals surface area contributed by atoms with Crippen LogP contribution in [0.4, 0.5) is 5.13 Å². The molecule has 0 fully saturated rings. The molecule has 3 heterocycles. The van der Waals surface area contributed by atoms with Gasteiger partial charge in [0.05, 0.1) is 25.8 Å². The number of amides is 1. The van der Waals surface area contributed by atoms with Gasteiger partial charge in [0, 0.05) is 21.4 Å². The molecule has 0 atom stereocenters. The van der Waals surface area contributed by atoms with Gasteiger partial charge in [-0.2, -0.15) is 0 Å². The van der Waals surface area contributed by atoms with Crippen LogP contribution >= 0.6 is 34.9 Å². The molecular weight excluding hydrogens is 517 g/mol. The minimum Gasteiger partial charge on any atom is -0.497 e. The Labute approximate surface area is 220 Å². The summed E-state index contributed by atoms with van der Waals surface area (Å²) in [6, 6.07) is 16.9. The summed E-state index contributed by atoms with van der Waals surface area (Å²) in [5, 5.41) is 6.33. The second-order valence-electron chi connectivity index (χ2n) is 7.12. The first-order valence-electron chi connectivity index (χ1n) is 10.9. The summed E-state index contributed by atoms with van der Waals surface area (Å²) in [6.45, 7) is 2.05. The molecule has 8 nitrogen and oxygen atoms in total. The molecule has 0 radical (unpaired) electrons. The number of hydrogen-bond donors (Lipinski definition) is 1. The zero-order valence-corrected chi connectivity index (χ0v) is 21.9. The van der Waals surface area contributed by atoms with E-state index in [0.29, 0.717) is 27.4 Å². The number of benzene rings is 1. The summed E-state index contributed by atoms with van der Waals surface area (Å²) in [5.41, 5.74) is 0.799. The number of hydrogen-bond acceptors (Lipinski definition) is 10. The molecule has 0 spiro atoms. The Morgan fingerprint density at radius 2 is 1.83 bits per heavy atom. The number of carbonyl (C=O) groups is 2. The van der Waals surface area contributed by atoms with E-state index in [1.807, 2.05) is 54.6 Å². The second kappa shape index (κ2) is 12.5. The van der Waals surface area contributed by atoms with E-state index >= 15 is 0 Å². The van der Waals surface area contributed by atoms with E-state index in [-0.39, 0.29) is 18.1 Å². The van der Waals surface area contributed by atoms with E-state index < -0.39 is 5.91 Å². The summed E-state index contributed by atoms with van der Waals surface area (Å²) in [5.74, 6) is -0.00812. The highest BCUT2D eigenvalue weighted by molar-refractivity contribution is 7.99. The Balaban J connectivity index is 1.57. The van der Waals surface area contributed by atoms with Crippen LogP contribution in [0.2, 0.25) is 0 Å². The second-order valence-corrected chi connectivity index (χ2v) is 10.1. The van der Waals surface area contributed by atoms with Gasteiger partial charge >= 0.3 is 5.97 Å². The predicted molar refractivity (Wildman–Crippen MR) is 140 cm³/mol. The molecule has 0 aliphatic rings. The summed E-state index contributed by atoms with van der Waals surface area (Å²) < 4.78 is 10.2. The number of thiazole rings is 1. The lowest BCUT2D eigenvalue weighted by Gasteiger charge is -2.10. The lowest BCUT2D eigenvalue weighted by Crippen LogP contribution is -2.15. The maximum atomic E-state index is 13.3. The van der Waals surface area contributed by atoms with Crippen LogP contribution in [-0.2, 0) is 16.0 Å². The van der Waals surface area contributed by atoms with Gasteiger partial charge in [0.25, 0.3) is 5.91 Å². The highest BCUT2D eigenvalue weighted by atomic mass is 32.2. The predicted octanol–water partition coefficient (Wildman–Crippen LogP) is 5.60. The van der Waals surface area contributed by atoms with Crippen LogP contribution in [0.15, 0.2) is 86.0 Å². The summed E-state index contributed by atoms with van der Waals surface area (Å²) in [4.78, 5) is 40.0. The third-order valence-corrected chi connectivity index (χ3v) is 7.34. The molecule has 0 aliphatic carbocycles. The van der Waals surface area contributed by atoms with Gasteiger partial charge in [-0.3, -0.25) is 14.9 Å². The first-order valence-corrected chi connectivity index (χ1v) is 13.4. The van der Waals surface area contributed by atoms with E-state index in [0.717, 1.165) is 15.7 Å². The van der Waals surface area contributed by atoms with Crippen molar-refractivity contribution in [2.24, 2.45) is 0 Å². The standard InChI is InChI=1S/C25H22N4O4S3/c1-3-33-22(30)14-16-15-34-25(27-16)29-24(31)23-19(35-18-9-7-17(32-2)8-10-18)11-12-21(28-23)36-20-6-4-5-13-26-20/h4-13,15H,3,14H2,1-2H3,(H,27,29,31). The molecule has 0 saturated carbocycles. The lowest BCUT2D eigenvalue weighted by atomic mass is 10.3. The fourth-order valence-electron chi connectivity index (χ4n) is 2.98. The molecule has 1 amide bonds. The van der Waals surface area contributed by atoms with Crippen LogP contribution in [-0.4, -0.2) is 40.5 Å². The maximum absolute atomic E-state index is 13.3. The SMILES string of the molecule is CCOC(=O)Cc1csc(NC(=O)c2nc(Sc3ccccn3)ccc2Sc2ccc(OC)cc2)n1. The average Bonchev–Trinajstić information content (AvgIpc) is 3.32. The first kappa shape index (κ1) is 25.7. The van der Waals surface area contributed by atoms with E-state index in [1.54, 1.807) is 25.6 Å². The van der Waals surface area contributed by atoms with Crippen molar-refractivity contribution in [2.45, 2.75) is 33.2 Å².